The Bertz CT molecular complexity index is 1630. The highest BCUT2D eigenvalue weighted by Gasteiger charge is 2.37. The minimum Gasteiger partial charge on any atom is -0.356 e. The number of H-pyrrole nitrogens is 2. The molecule has 2 aromatic heterocycles. The van der Waals surface area contributed by atoms with Crippen molar-refractivity contribution in [2.45, 2.75) is 117 Å². The zero-order chi connectivity index (χ0) is 35.0. The van der Waals surface area contributed by atoms with Gasteiger partial charge in [-0.15, -0.1) is 0 Å². The molecule has 4 N–H and O–H groups in total. The van der Waals surface area contributed by atoms with Crippen molar-refractivity contribution in [2.75, 3.05) is 13.1 Å². The van der Waals surface area contributed by atoms with Crippen molar-refractivity contribution in [3.63, 3.8) is 0 Å². The standard InChI is InChI=1S/C42H56N6O2/c1-5-27(3)21-41(49)43-19-9-7-11-39-45-25-37(47-39)29-13-15-31-34-18-17-33(35(31)23-29)32-16-14-30(24-36(32)34)38-26-46-40(48-38)12-8-10-20-44-42(50)22-28(4)6-2/h13-16,23-28,33-34H,5-12,17-22H2,1-4H3,(H,43,49)(H,44,50)(H,45,47)(H,46,48). The summed E-state index contributed by atoms with van der Waals surface area (Å²) in [6.07, 6.45) is 15.2. The van der Waals surface area contributed by atoms with E-state index in [0.717, 1.165) is 87.5 Å². The van der Waals surface area contributed by atoms with Gasteiger partial charge in [-0.3, -0.25) is 9.59 Å². The van der Waals surface area contributed by atoms with Gasteiger partial charge in [0.2, 0.25) is 11.8 Å². The quantitative estimate of drug-likeness (QED) is 0.0790. The van der Waals surface area contributed by atoms with Gasteiger partial charge in [0.15, 0.2) is 0 Å². The molecule has 0 saturated heterocycles. The van der Waals surface area contributed by atoms with Gasteiger partial charge in [0.25, 0.3) is 0 Å². The third-order valence-electron chi connectivity index (χ3n) is 11.1. The molecule has 50 heavy (non-hydrogen) atoms. The summed E-state index contributed by atoms with van der Waals surface area (Å²) in [6, 6.07) is 14.0. The van der Waals surface area contributed by atoms with E-state index >= 15 is 0 Å². The number of aromatic amines is 2. The van der Waals surface area contributed by atoms with Crippen LogP contribution in [0.1, 0.15) is 138 Å². The average Bonchev–Trinajstić information content (AvgIpc) is 3.81. The lowest BCUT2D eigenvalue weighted by Gasteiger charge is -2.40. The van der Waals surface area contributed by atoms with Gasteiger partial charge in [-0.1, -0.05) is 64.8 Å². The van der Waals surface area contributed by atoms with Gasteiger partial charge in [-0.05, 0) is 95.9 Å². The number of nitrogens with one attached hydrogen (secondary N) is 4. The molecule has 2 aromatic carbocycles. The van der Waals surface area contributed by atoms with Crippen molar-refractivity contribution in [2.24, 2.45) is 11.8 Å². The predicted octanol–water partition coefficient (Wildman–Crippen LogP) is 8.59. The zero-order valence-electron chi connectivity index (χ0n) is 30.5. The van der Waals surface area contributed by atoms with Gasteiger partial charge < -0.3 is 20.6 Å². The average molecular weight is 677 g/mol. The molecule has 0 spiro atoms. The molecule has 4 atom stereocenters. The van der Waals surface area contributed by atoms with Crippen LogP contribution in [-0.2, 0) is 22.4 Å². The summed E-state index contributed by atoms with van der Waals surface area (Å²) < 4.78 is 0. The van der Waals surface area contributed by atoms with Crippen LogP contribution in [0.3, 0.4) is 0 Å². The van der Waals surface area contributed by atoms with Crippen LogP contribution in [0.15, 0.2) is 48.8 Å². The molecule has 0 fully saturated rings. The number of imidazole rings is 2. The summed E-state index contributed by atoms with van der Waals surface area (Å²) in [7, 11) is 0. The zero-order valence-corrected chi connectivity index (χ0v) is 30.5. The summed E-state index contributed by atoms with van der Waals surface area (Å²) in [5.74, 6) is 4.05. The van der Waals surface area contributed by atoms with E-state index in [1.54, 1.807) is 0 Å². The maximum Gasteiger partial charge on any atom is 0.220 e. The fraction of sp³-hybridized carbons (Fsp3) is 0.524. The number of unbranched alkanes of at least 4 members (excludes halogenated alkanes) is 2. The Hall–Kier alpha value is -4.20. The SMILES string of the molecule is CCC(C)CC(=O)NCCCCc1ncc(-c2ccc3c(c2)C2CCC3c3cc(-c4cnc(CCCCNC(=O)CC(C)CC)[nH]4)ccc32)[nH]1. The number of carbonyl (C=O) groups is 2. The van der Waals surface area contributed by atoms with Gasteiger partial charge in [-0.25, -0.2) is 9.97 Å². The number of aromatic nitrogens is 4. The van der Waals surface area contributed by atoms with Gasteiger partial charge >= 0.3 is 0 Å². The molecule has 2 heterocycles. The van der Waals surface area contributed by atoms with Crippen LogP contribution in [0.5, 0.6) is 0 Å². The third kappa shape index (κ3) is 8.56. The first kappa shape index (κ1) is 35.6. The predicted molar refractivity (Wildman–Crippen MR) is 201 cm³/mol. The number of rotatable bonds is 18. The Morgan fingerprint density at radius 2 is 1.12 bits per heavy atom. The number of aryl methyl sites for hydroxylation is 2. The number of amides is 2. The van der Waals surface area contributed by atoms with E-state index in [0.29, 0.717) is 36.5 Å². The van der Waals surface area contributed by atoms with Crippen LogP contribution in [0.2, 0.25) is 0 Å². The largest absolute Gasteiger partial charge is 0.356 e. The minimum absolute atomic E-state index is 0.162. The molecule has 4 aromatic rings. The van der Waals surface area contributed by atoms with Gasteiger partial charge in [-0.2, -0.15) is 0 Å². The fourth-order valence-electron chi connectivity index (χ4n) is 7.64. The molecular weight excluding hydrogens is 621 g/mol. The van der Waals surface area contributed by atoms with Gasteiger partial charge in [0.1, 0.15) is 11.6 Å². The van der Waals surface area contributed by atoms with E-state index in [1.807, 2.05) is 12.4 Å². The number of hydrogen-bond donors (Lipinski definition) is 4. The molecular formula is C42H56N6O2. The van der Waals surface area contributed by atoms with Crippen molar-refractivity contribution < 1.29 is 9.59 Å². The first-order valence-corrected chi connectivity index (χ1v) is 19.2. The van der Waals surface area contributed by atoms with Crippen molar-refractivity contribution in [3.8, 4) is 22.5 Å². The second-order valence-electron chi connectivity index (χ2n) is 14.9. The number of fused-ring (bicyclic) bond motifs is 1. The number of hydrogen-bond acceptors (Lipinski definition) is 4. The molecule has 2 amide bonds. The van der Waals surface area contributed by atoms with Crippen LogP contribution >= 0.6 is 0 Å². The summed E-state index contributed by atoms with van der Waals surface area (Å²) in [6.45, 7) is 9.95. The molecule has 2 bridgehead atoms. The van der Waals surface area contributed by atoms with E-state index < -0.39 is 0 Å². The van der Waals surface area contributed by atoms with E-state index in [-0.39, 0.29) is 11.8 Å². The number of nitrogens with zero attached hydrogens (tertiary/aromatic N) is 2. The Morgan fingerprint density at radius 1 is 0.680 bits per heavy atom. The second kappa shape index (κ2) is 16.7. The fourth-order valence-corrected chi connectivity index (χ4v) is 7.64. The van der Waals surface area contributed by atoms with E-state index in [2.05, 4.69) is 94.7 Å². The van der Waals surface area contributed by atoms with E-state index in [9.17, 15) is 9.59 Å². The van der Waals surface area contributed by atoms with Gasteiger partial charge in [0.05, 0.1) is 23.8 Å². The third-order valence-corrected chi connectivity index (χ3v) is 11.1. The maximum absolute atomic E-state index is 12.0. The summed E-state index contributed by atoms with van der Waals surface area (Å²) in [4.78, 5) is 40.6. The van der Waals surface area contributed by atoms with Gasteiger partial charge in [0, 0.05) is 50.6 Å². The summed E-state index contributed by atoms with van der Waals surface area (Å²) in [5, 5.41) is 6.12. The highest BCUT2D eigenvalue weighted by molar-refractivity contribution is 5.76. The Kier molecular flexibility index (Phi) is 11.9. The first-order chi connectivity index (χ1) is 24.3. The molecule has 3 aliphatic carbocycles. The summed E-state index contributed by atoms with van der Waals surface area (Å²) in [5.41, 5.74) is 10.4. The highest BCUT2D eigenvalue weighted by Crippen LogP contribution is 2.53. The highest BCUT2D eigenvalue weighted by atomic mass is 16.2. The second-order valence-corrected chi connectivity index (χ2v) is 14.9. The Balaban J connectivity index is 1.02. The van der Waals surface area contributed by atoms with Crippen LogP contribution in [-0.4, -0.2) is 44.8 Å². The van der Waals surface area contributed by atoms with Crippen molar-refractivity contribution in [1.82, 2.24) is 30.6 Å². The lowest BCUT2D eigenvalue weighted by Crippen LogP contribution is -2.25. The van der Waals surface area contributed by atoms with Crippen molar-refractivity contribution in [3.05, 3.63) is 82.7 Å². The summed E-state index contributed by atoms with van der Waals surface area (Å²) >= 11 is 0. The van der Waals surface area contributed by atoms with E-state index in [1.165, 1.54) is 46.2 Å². The molecule has 0 saturated carbocycles. The monoisotopic (exact) mass is 676 g/mol. The molecule has 8 nitrogen and oxygen atoms in total. The first-order valence-electron chi connectivity index (χ1n) is 19.2. The maximum atomic E-state index is 12.0. The van der Waals surface area contributed by atoms with Crippen molar-refractivity contribution in [1.29, 1.82) is 0 Å². The molecule has 0 aliphatic heterocycles. The van der Waals surface area contributed by atoms with Crippen LogP contribution in [0, 0.1) is 11.8 Å². The van der Waals surface area contributed by atoms with Crippen molar-refractivity contribution >= 4 is 11.8 Å². The normalized spacial score (nSPS) is 17.2. The van der Waals surface area contributed by atoms with E-state index in [4.69, 9.17) is 0 Å². The number of benzene rings is 2. The van der Waals surface area contributed by atoms with Crippen LogP contribution < -0.4 is 10.6 Å². The molecule has 8 heteroatoms. The Labute approximate surface area is 298 Å². The van der Waals surface area contributed by atoms with Crippen LogP contribution in [0.4, 0.5) is 0 Å². The Morgan fingerprint density at radius 3 is 1.54 bits per heavy atom. The molecule has 0 radical (unpaired) electrons. The molecule has 266 valence electrons. The lowest BCUT2D eigenvalue weighted by atomic mass is 9.63. The lowest BCUT2D eigenvalue weighted by molar-refractivity contribution is -0.122. The number of carbonyl (C=O) groups excluding carboxylic acids is 2. The smallest absolute Gasteiger partial charge is 0.220 e. The molecule has 7 rings (SSSR count). The molecule has 4 unspecified atom stereocenters. The molecule has 3 aliphatic rings. The van der Waals surface area contributed by atoms with Crippen LogP contribution in [0.25, 0.3) is 22.5 Å². The minimum atomic E-state index is 0.162. The topological polar surface area (TPSA) is 116 Å².